The second-order valence-electron chi connectivity index (χ2n) is 5.68. The maximum Gasteiger partial charge on any atom is 0.0850 e. The predicted octanol–water partition coefficient (Wildman–Crippen LogP) is 3.69. The van der Waals surface area contributed by atoms with Gasteiger partial charge >= 0.3 is 0 Å². The molecule has 3 nitrogen and oxygen atoms in total. The molecular formula is C16H22ClN3S. The van der Waals surface area contributed by atoms with E-state index in [1.165, 1.54) is 24.1 Å². The zero-order valence-electron chi connectivity index (χ0n) is 12.9. The zero-order chi connectivity index (χ0) is 15.0. The quantitative estimate of drug-likeness (QED) is 0.909. The lowest BCUT2D eigenvalue weighted by Gasteiger charge is -2.15. The Morgan fingerprint density at radius 1 is 1.48 bits per heavy atom. The standard InChI is InChI=1S/C16H22ClN3S/c1-4-11-16(17)13(20(3)19-11)9-12(18-2)15-8-10-6-5-7-14(10)21-15/h8,12,18H,4-7,9H2,1-3H3. The molecule has 0 aromatic carbocycles. The first-order valence-electron chi connectivity index (χ1n) is 7.63. The summed E-state index contributed by atoms with van der Waals surface area (Å²) in [6, 6.07) is 2.71. The molecule has 3 rings (SSSR count). The van der Waals surface area contributed by atoms with Gasteiger partial charge in [0.05, 0.1) is 16.4 Å². The van der Waals surface area contributed by atoms with Crippen LogP contribution in [0, 0.1) is 0 Å². The maximum absolute atomic E-state index is 6.49. The molecular weight excluding hydrogens is 302 g/mol. The molecule has 0 radical (unpaired) electrons. The van der Waals surface area contributed by atoms with E-state index in [9.17, 15) is 0 Å². The fourth-order valence-electron chi connectivity index (χ4n) is 3.10. The van der Waals surface area contributed by atoms with Gasteiger partial charge in [-0.2, -0.15) is 5.10 Å². The third-order valence-corrected chi connectivity index (χ3v) is 6.15. The number of rotatable bonds is 5. The molecule has 2 aromatic rings. The van der Waals surface area contributed by atoms with E-state index >= 15 is 0 Å². The Labute approximate surface area is 135 Å². The lowest BCUT2D eigenvalue weighted by Crippen LogP contribution is -2.19. The second kappa shape index (κ2) is 6.11. The van der Waals surface area contributed by atoms with Crippen LogP contribution in [0.15, 0.2) is 6.07 Å². The largest absolute Gasteiger partial charge is 0.312 e. The minimum absolute atomic E-state index is 0.318. The number of hydrogen-bond acceptors (Lipinski definition) is 3. The van der Waals surface area contributed by atoms with Crippen molar-refractivity contribution in [3.63, 3.8) is 0 Å². The number of hydrogen-bond donors (Lipinski definition) is 1. The zero-order valence-corrected chi connectivity index (χ0v) is 14.4. The number of nitrogens with one attached hydrogen (secondary N) is 1. The van der Waals surface area contributed by atoms with Crippen LogP contribution in [0.25, 0.3) is 0 Å². The van der Waals surface area contributed by atoms with E-state index in [-0.39, 0.29) is 0 Å². The average Bonchev–Trinajstić information content (AvgIpc) is 3.12. The monoisotopic (exact) mass is 323 g/mol. The third kappa shape index (κ3) is 2.77. The highest BCUT2D eigenvalue weighted by molar-refractivity contribution is 7.12. The Kier molecular flexibility index (Phi) is 4.38. The summed E-state index contributed by atoms with van der Waals surface area (Å²) in [5.41, 5.74) is 3.68. The normalized spacial score (nSPS) is 15.4. The topological polar surface area (TPSA) is 29.9 Å². The molecule has 1 atom stereocenters. The molecule has 114 valence electrons. The van der Waals surface area contributed by atoms with Gasteiger partial charge in [-0.05, 0) is 44.4 Å². The number of aryl methyl sites for hydroxylation is 4. The van der Waals surface area contributed by atoms with E-state index in [1.807, 2.05) is 30.1 Å². The first-order valence-corrected chi connectivity index (χ1v) is 8.82. The van der Waals surface area contributed by atoms with E-state index in [1.54, 1.807) is 10.4 Å². The van der Waals surface area contributed by atoms with Crippen LogP contribution in [0.1, 0.15) is 46.1 Å². The Bertz CT molecular complexity index is 623. The van der Waals surface area contributed by atoms with Gasteiger partial charge in [0, 0.05) is 29.3 Å². The number of thiophene rings is 1. The summed E-state index contributed by atoms with van der Waals surface area (Å²) in [5, 5.41) is 8.81. The van der Waals surface area contributed by atoms with Crippen molar-refractivity contribution in [2.45, 2.75) is 45.1 Å². The van der Waals surface area contributed by atoms with Crippen LogP contribution in [-0.4, -0.2) is 16.8 Å². The van der Waals surface area contributed by atoms with Crippen LogP contribution < -0.4 is 5.32 Å². The molecule has 1 unspecified atom stereocenters. The lowest BCUT2D eigenvalue weighted by atomic mass is 10.1. The molecule has 0 saturated heterocycles. The Morgan fingerprint density at radius 2 is 2.29 bits per heavy atom. The van der Waals surface area contributed by atoms with Crippen LogP contribution in [0.2, 0.25) is 5.02 Å². The van der Waals surface area contributed by atoms with Gasteiger partial charge in [-0.25, -0.2) is 0 Å². The van der Waals surface area contributed by atoms with E-state index in [4.69, 9.17) is 11.6 Å². The highest BCUT2D eigenvalue weighted by Crippen LogP contribution is 2.35. The number of aromatic nitrogens is 2. The minimum Gasteiger partial charge on any atom is -0.312 e. The SMILES string of the molecule is CCc1nn(C)c(CC(NC)c2cc3c(s2)CCC3)c1Cl. The highest BCUT2D eigenvalue weighted by Gasteiger charge is 2.22. The van der Waals surface area contributed by atoms with Crippen molar-refractivity contribution in [1.82, 2.24) is 15.1 Å². The molecule has 1 aliphatic rings. The molecule has 1 N–H and O–H groups in total. The molecule has 0 spiro atoms. The van der Waals surface area contributed by atoms with E-state index in [0.717, 1.165) is 29.3 Å². The Hall–Kier alpha value is -0.840. The van der Waals surface area contributed by atoms with Gasteiger partial charge in [0.2, 0.25) is 0 Å². The van der Waals surface area contributed by atoms with Crippen molar-refractivity contribution < 1.29 is 0 Å². The number of fused-ring (bicyclic) bond motifs is 1. The summed E-state index contributed by atoms with van der Waals surface area (Å²) >= 11 is 8.45. The van der Waals surface area contributed by atoms with Gasteiger partial charge in [-0.3, -0.25) is 4.68 Å². The van der Waals surface area contributed by atoms with Crippen molar-refractivity contribution >= 4 is 22.9 Å². The third-order valence-electron chi connectivity index (χ3n) is 4.36. The van der Waals surface area contributed by atoms with Crippen molar-refractivity contribution in [2.75, 3.05) is 7.05 Å². The van der Waals surface area contributed by atoms with E-state index in [0.29, 0.717) is 6.04 Å². The highest BCUT2D eigenvalue weighted by atomic mass is 35.5. The van der Waals surface area contributed by atoms with Gasteiger partial charge in [0.25, 0.3) is 0 Å². The summed E-state index contributed by atoms with van der Waals surface area (Å²) in [5.74, 6) is 0. The summed E-state index contributed by atoms with van der Waals surface area (Å²) in [6.45, 7) is 2.09. The molecule has 21 heavy (non-hydrogen) atoms. The van der Waals surface area contributed by atoms with Gasteiger partial charge in [-0.15, -0.1) is 11.3 Å². The molecule has 0 amide bonds. The number of halogens is 1. The molecule has 0 fully saturated rings. The summed E-state index contributed by atoms with van der Waals surface area (Å²) in [6.07, 6.45) is 5.58. The fourth-order valence-corrected chi connectivity index (χ4v) is 4.84. The van der Waals surface area contributed by atoms with Crippen LogP contribution in [0.5, 0.6) is 0 Å². The molecule has 1 aliphatic carbocycles. The molecule has 0 bridgehead atoms. The first-order chi connectivity index (χ1) is 10.1. The molecule has 0 saturated carbocycles. The summed E-state index contributed by atoms with van der Waals surface area (Å²) in [4.78, 5) is 3.01. The van der Waals surface area contributed by atoms with Gasteiger partial charge in [-0.1, -0.05) is 18.5 Å². The van der Waals surface area contributed by atoms with Crippen LogP contribution >= 0.6 is 22.9 Å². The van der Waals surface area contributed by atoms with E-state index in [2.05, 4.69) is 23.4 Å². The van der Waals surface area contributed by atoms with E-state index < -0.39 is 0 Å². The number of nitrogens with zero attached hydrogens (tertiary/aromatic N) is 2. The van der Waals surface area contributed by atoms with Gasteiger partial charge < -0.3 is 5.32 Å². The predicted molar refractivity (Wildman–Crippen MR) is 89.4 cm³/mol. The second-order valence-corrected chi connectivity index (χ2v) is 7.23. The van der Waals surface area contributed by atoms with Crippen LogP contribution in [-0.2, 0) is 32.7 Å². The minimum atomic E-state index is 0.318. The van der Waals surface area contributed by atoms with Gasteiger partial charge in [0.15, 0.2) is 0 Å². The molecule has 2 heterocycles. The first kappa shape index (κ1) is 15.1. The fraction of sp³-hybridized carbons (Fsp3) is 0.562. The molecule has 5 heteroatoms. The smallest absolute Gasteiger partial charge is 0.0850 e. The molecule has 2 aromatic heterocycles. The maximum atomic E-state index is 6.49. The Morgan fingerprint density at radius 3 is 2.90 bits per heavy atom. The van der Waals surface area contributed by atoms with Crippen molar-refractivity contribution in [2.24, 2.45) is 7.05 Å². The van der Waals surface area contributed by atoms with Gasteiger partial charge in [0.1, 0.15) is 0 Å². The molecule has 0 aliphatic heterocycles. The Balaban J connectivity index is 1.85. The number of likely N-dealkylation sites (N-methyl/N-ethyl adjacent to an activating group) is 1. The average molecular weight is 324 g/mol. The van der Waals surface area contributed by atoms with Crippen LogP contribution in [0.3, 0.4) is 0 Å². The van der Waals surface area contributed by atoms with Crippen LogP contribution in [0.4, 0.5) is 0 Å². The van der Waals surface area contributed by atoms with Crippen molar-refractivity contribution in [3.8, 4) is 0 Å². The lowest BCUT2D eigenvalue weighted by molar-refractivity contribution is 0.568. The van der Waals surface area contributed by atoms with Crippen molar-refractivity contribution in [1.29, 1.82) is 0 Å². The summed E-state index contributed by atoms with van der Waals surface area (Å²) < 4.78 is 1.94. The summed E-state index contributed by atoms with van der Waals surface area (Å²) in [7, 11) is 4.02. The van der Waals surface area contributed by atoms with Crippen molar-refractivity contribution in [3.05, 3.63) is 37.8 Å².